The third-order valence-electron chi connectivity index (χ3n) is 7.51. The fourth-order valence-electron chi connectivity index (χ4n) is 5.56. The average molecular weight is 590 g/mol. The van der Waals surface area contributed by atoms with E-state index in [1.54, 1.807) is 20.8 Å². The van der Waals surface area contributed by atoms with Crippen molar-refractivity contribution in [3.8, 4) is 0 Å². The number of benzene rings is 1. The van der Waals surface area contributed by atoms with Crippen molar-refractivity contribution in [3.63, 3.8) is 0 Å². The van der Waals surface area contributed by atoms with Gasteiger partial charge in [-0.15, -0.1) is 0 Å². The van der Waals surface area contributed by atoms with Crippen LogP contribution in [0.15, 0.2) is 30.3 Å². The molecule has 2 atom stereocenters. The standard InChI is InChI=1S/C21H32N2O6.C12H23N/c1-14(2)11-16(23-20(27)29-21(3,4)5)17(12-18(24)25)22-19(26)28-13-15-9-7-6-8-10-15;1-3-7-11(8-4-1)13-12-9-5-2-6-10-12/h6-10,14,16-17H,11-13H2,1-5H3,(H,22,26)(H,23,27)(H,24,25);11-13H,1-10H2/t16-,17-;/m0./s1. The Balaban J connectivity index is 0.000000389. The number of amides is 2. The van der Waals surface area contributed by atoms with Crippen molar-refractivity contribution in [2.75, 3.05) is 0 Å². The maximum Gasteiger partial charge on any atom is 0.407 e. The minimum Gasteiger partial charge on any atom is -0.481 e. The summed E-state index contributed by atoms with van der Waals surface area (Å²) < 4.78 is 10.5. The van der Waals surface area contributed by atoms with Crippen LogP contribution in [0.3, 0.4) is 0 Å². The summed E-state index contributed by atoms with van der Waals surface area (Å²) in [6, 6.07) is 9.39. The van der Waals surface area contributed by atoms with Crippen molar-refractivity contribution < 1.29 is 29.0 Å². The number of carbonyl (C=O) groups is 3. The Bertz CT molecular complexity index is 905. The maximum atomic E-state index is 12.2. The Hall–Kier alpha value is -2.81. The van der Waals surface area contributed by atoms with Gasteiger partial charge in [0.15, 0.2) is 0 Å². The molecule has 3 rings (SSSR count). The molecular weight excluding hydrogens is 534 g/mol. The quantitative estimate of drug-likeness (QED) is 0.220. The van der Waals surface area contributed by atoms with E-state index in [1.807, 2.05) is 44.2 Å². The Labute approximate surface area is 252 Å². The third-order valence-corrected chi connectivity index (χ3v) is 7.51. The number of ether oxygens (including phenoxy) is 2. The number of nitrogens with one attached hydrogen (secondary N) is 3. The van der Waals surface area contributed by atoms with Gasteiger partial charge >= 0.3 is 18.2 Å². The molecule has 0 radical (unpaired) electrons. The van der Waals surface area contributed by atoms with Gasteiger partial charge in [0.2, 0.25) is 0 Å². The molecule has 2 fully saturated rings. The van der Waals surface area contributed by atoms with E-state index in [1.165, 1.54) is 64.2 Å². The first kappa shape index (κ1) is 35.4. The molecule has 0 saturated heterocycles. The van der Waals surface area contributed by atoms with E-state index in [2.05, 4.69) is 16.0 Å². The first-order valence-electron chi connectivity index (χ1n) is 15.9. The lowest BCUT2D eigenvalue weighted by Crippen LogP contribution is -2.53. The van der Waals surface area contributed by atoms with E-state index in [0.29, 0.717) is 6.42 Å². The van der Waals surface area contributed by atoms with Gasteiger partial charge in [-0.05, 0) is 64.4 Å². The molecule has 2 amide bonds. The molecule has 2 saturated carbocycles. The van der Waals surface area contributed by atoms with Gasteiger partial charge in [-0.1, -0.05) is 82.7 Å². The number of aliphatic carboxylic acids is 1. The summed E-state index contributed by atoms with van der Waals surface area (Å²) in [4.78, 5) is 35.8. The Morgan fingerprint density at radius 1 is 0.833 bits per heavy atom. The van der Waals surface area contributed by atoms with Gasteiger partial charge < -0.3 is 30.5 Å². The van der Waals surface area contributed by atoms with Gasteiger partial charge in [0.05, 0.1) is 18.5 Å². The van der Waals surface area contributed by atoms with E-state index in [4.69, 9.17) is 9.47 Å². The Kier molecular flexibility index (Phi) is 15.7. The smallest absolute Gasteiger partial charge is 0.407 e. The predicted octanol–water partition coefficient (Wildman–Crippen LogP) is 6.94. The molecule has 2 aliphatic rings. The van der Waals surface area contributed by atoms with E-state index in [-0.39, 0.29) is 18.9 Å². The van der Waals surface area contributed by atoms with E-state index < -0.39 is 35.8 Å². The minimum atomic E-state index is -1.10. The average Bonchev–Trinajstić information content (AvgIpc) is 2.92. The van der Waals surface area contributed by atoms with E-state index in [0.717, 1.165) is 17.6 Å². The number of hydrogen-bond acceptors (Lipinski definition) is 6. The van der Waals surface area contributed by atoms with E-state index in [9.17, 15) is 19.5 Å². The van der Waals surface area contributed by atoms with Crippen LogP contribution in [0.2, 0.25) is 0 Å². The summed E-state index contributed by atoms with van der Waals surface area (Å²) in [6.07, 6.45) is 13.2. The number of carbonyl (C=O) groups excluding carboxylic acids is 2. The summed E-state index contributed by atoms with van der Waals surface area (Å²) in [5, 5.41) is 18.4. The summed E-state index contributed by atoms with van der Waals surface area (Å²) in [6.45, 7) is 9.14. The maximum absolute atomic E-state index is 12.2. The molecule has 0 aromatic heterocycles. The molecule has 4 N–H and O–H groups in total. The summed E-state index contributed by atoms with van der Waals surface area (Å²) in [5.74, 6) is -0.952. The van der Waals surface area contributed by atoms with Crippen molar-refractivity contribution in [3.05, 3.63) is 35.9 Å². The number of carboxylic acids is 1. The van der Waals surface area contributed by atoms with Gasteiger partial charge in [-0.25, -0.2) is 9.59 Å². The molecule has 2 aliphatic carbocycles. The zero-order valence-electron chi connectivity index (χ0n) is 26.5. The normalized spacial score (nSPS) is 17.8. The van der Waals surface area contributed by atoms with Crippen LogP contribution < -0.4 is 16.0 Å². The highest BCUT2D eigenvalue weighted by atomic mass is 16.6. The van der Waals surface area contributed by atoms with Crippen LogP contribution in [0.1, 0.15) is 117 Å². The highest BCUT2D eigenvalue weighted by Crippen LogP contribution is 2.22. The Morgan fingerprint density at radius 3 is 1.83 bits per heavy atom. The van der Waals surface area contributed by atoms with Crippen molar-refractivity contribution in [2.24, 2.45) is 5.92 Å². The van der Waals surface area contributed by atoms with Crippen molar-refractivity contribution >= 4 is 18.2 Å². The van der Waals surface area contributed by atoms with Crippen molar-refractivity contribution in [1.82, 2.24) is 16.0 Å². The molecule has 1 aromatic carbocycles. The fourth-order valence-corrected chi connectivity index (χ4v) is 5.56. The molecule has 0 bridgehead atoms. The fraction of sp³-hybridized carbons (Fsp3) is 0.727. The SMILES string of the molecule is C1CCC(NC2CCCCC2)CC1.CC(C)C[C@H](NC(=O)OC(C)(C)C)[C@H](CC(=O)O)NC(=O)OCc1ccccc1. The van der Waals surface area contributed by atoms with E-state index >= 15 is 0 Å². The third kappa shape index (κ3) is 16.0. The highest BCUT2D eigenvalue weighted by Gasteiger charge is 2.30. The molecule has 1 aromatic rings. The zero-order valence-corrected chi connectivity index (χ0v) is 26.5. The number of carboxylic acid groups (broad SMARTS) is 1. The van der Waals surface area contributed by atoms with Crippen molar-refractivity contribution in [2.45, 2.75) is 148 Å². The minimum absolute atomic E-state index is 0.0564. The second-order valence-corrected chi connectivity index (χ2v) is 13.1. The summed E-state index contributed by atoms with van der Waals surface area (Å²) in [7, 11) is 0. The number of alkyl carbamates (subject to hydrolysis) is 2. The van der Waals surface area contributed by atoms with Crippen LogP contribution in [0, 0.1) is 5.92 Å². The van der Waals surface area contributed by atoms with Crippen LogP contribution >= 0.6 is 0 Å². The molecule has 0 spiro atoms. The zero-order chi connectivity index (χ0) is 31.0. The van der Waals surface area contributed by atoms with Crippen LogP contribution in [-0.2, 0) is 20.9 Å². The highest BCUT2D eigenvalue weighted by molar-refractivity contribution is 5.73. The van der Waals surface area contributed by atoms with Crippen LogP contribution in [0.4, 0.5) is 9.59 Å². The molecule has 42 heavy (non-hydrogen) atoms. The monoisotopic (exact) mass is 589 g/mol. The molecular formula is C33H55N3O6. The predicted molar refractivity (Wildman–Crippen MR) is 165 cm³/mol. The molecule has 9 nitrogen and oxygen atoms in total. The van der Waals surface area contributed by atoms with Gasteiger partial charge in [0.1, 0.15) is 12.2 Å². The van der Waals surface area contributed by atoms with Crippen LogP contribution in [-0.4, -0.2) is 53.0 Å². The largest absolute Gasteiger partial charge is 0.481 e. The van der Waals surface area contributed by atoms with Crippen LogP contribution in [0.5, 0.6) is 0 Å². The molecule has 238 valence electrons. The number of hydrogen-bond donors (Lipinski definition) is 4. The lowest BCUT2D eigenvalue weighted by atomic mass is 9.91. The Morgan fingerprint density at radius 2 is 1.36 bits per heavy atom. The first-order valence-corrected chi connectivity index (χ1v) is 15.9. The summed E-state index contributed by atoms with van der Waals surface area (Å²) >= 11 is 0. The lowest BCUT2D eigenvalue weighted by molar-refractivity contribution is -0.137. The van der Waals surface area contributed by atoms with Gasteiger partial charge in [-0.2, -0.15) is 0 Å². The van der Waals surface area contributed by atoms with Gasteiger partial charge in [0, 0.05) is 12.1 Å². The van der Waals surface area contributed by atoms with Crippen molar-refractivity contribution in [1.29, 1.82) is 0 Å². The van der Waals surface area contributed by atoms with Gasteiger partial charge in [0.25, 0.3) is 0 Å². The molecule has 9 heteroatoms. The second kappa shape index (κ2) is 18.7. The second-order valence-electron chi connectivity index (χ2n) is 13.1. The number of rotatable bonds is 11. The molecule has 0 unspecified atom stereocenters. The van der Waals surface area contributed by atoms with Crippen LogP contribution in [0.25, 0.3) is 0 Å². The topological polar surface area (TPSA) is 126 Å². The first-order chi connectivity index (χ1) is 19.9. The van der Waals surface area contributed by atoms with Gasteiger partial charge in [-0.3, -0.25) is 4.79 Å². The molecule has 0 heterocycles. The lowest BCUT2D eigenvalue weighted by Gasteiger charge is -2.30. The molecule has 0 aliphatic heterocycles. The summed E-state index contributed by atoms with van der Waals surface area (Å²) in [5.41, 5.74) is 0.111.